The van der Waals surface area contributed by atoms with Crippen molar-refractivity contribution in [3.05, 3.63) is 0 Å². The lowest BCUT2D eigenvalue weighted by atomic mass is 10.0. The van der Waals surface area contributed by atoms with Crippen molar-refractivity contribution in [3.8, 4) is 0 Å². The van der Waals surface area contributed by atoms with Crippen LogP contribution in [0.25, 0.3) is 0 Å². The Hall–Kier alpha value is -0.570. The van der Waals surface area contributed by atoms with Crippen LogP contribution < -0.4 is 5.32 Å². The molecule has 1 aliphatic carbocycles. The van der Waals surface area contributed by atoms with Gasteiger partial charge in [0, 0.05) is 19.1 Å². The van der Waals surface area contributed by atoms with E-state index in [0.717, 1.165) is 13.1 Å². The van der Waals surface area contributed by atoms with Gasteiger partial charge in [-0.15, -0.1) is 0 Å². The van der Waals surface area contributed by atoms with Crippen molar-refractivity contribution >= 4 is 5.91 Å². The van der Waals surface area contributed by atoms with Gasteiger partial charge in [-0.2, -0.15) is 0 Å². The van der Waals surface area contributed by atoms with Gasteiger partial charge >= 0.3 is 0 Å². The Morgan fingerprint density at radius 2 is 1.76 bits per heavy atom. The molecule has 2 rings (SSSR count). The molecule has 3 heteroatoms. The molecule has 17 heavy (non-hydrogen) atoms. The number of rotatable bonds is 1. The van der Waals surface area contributed by atoms with Crippen molar-refractivity contribution in [1.82, 2.24) is 10.2 Å². The summed E-state index contributed by atoms with van der Waals surface area (Å²) in [5.74, 6) is 0.897. The predicted octanol–water partition coefficient (Wildman–Crippen LogP) is 2.17. The van der Waals surface area contributed by atoms with Gasteiger partial charge in [-0.1, -0.05) is 32.6 Å². The van der Waals surface area contributed by atoms with Gasteiger partial charge in [-0.05, 0) is 25.7 Å². The molecule has 1 N–H and O–H groups in total. The van der Waals surface area contributed by atoms with E-state index in [-0.39, 0.29) is 6.04 Å². The van der Waals surface area contributed by atoms with Crippen molar-refractivity contribution in [2.45, 2.75) is 64.5 Å². The number of amides is 1. The van der Waals surface area contributed by atoms with Gasteiger partial charge in [0.05, 0.1) is 6.04 Å². The highest BCUT2D eigenvalue weighted by Crippen LogP contribution is 2.24. The molecule has 2 unspecified atom stereocenters. The lowest BCUT2D eigenvalue weighted by molar-refractivity contribution is -0.135. The summed E-state index contributed by atoms with van der Waals surface area (Å²) in [6.45, 7) is 6.16. The van der Waals surface area contributed by atoms with E-state index in [1.54, 1.807) is 0 Å². The highest BCUT2D eigenvalue weighted by atomic mass is 16.2. The number of carbonyl (C=O) groups is 1. The largest absolute Gasteiger partial charge is 0.338 e. The average Bonchev–Trinajstić information content (AvgIpc) is 2.65. The molecule has 1 aliphatic heterocycles. The van der Waals surface area contributed by atoms with Crippen LogP contribution in [0.2, 0.25) is 0 Å². The third-order valence-corrected chi connectivity index (χ3v) is 4.20. The summed E-state index contributed by atoms with van der Waals surface area (Å²) in [6.07, 6.45) is 7.72. The number of nitrogens with one attached hydrogen (secondary N) is 1. The standard InChI is InChI=1S/C14H26N2O/c1-11-9-15-12(2)14(17)16(10-11)13-7-5-3-4-6-8-13/h11-13,15H,3-10H2,1-2H3. The zero-order valence-electron chi connectivity index (χ0n) is 11.2. The molecule has 2 aliphatic rings. The van der Waals surface area contributed by atoms with Crippen LogP contribution in [0.3, 0.4) is 0 Å². The third kappa shape index (κ3) is 3.21. The molecule has 2 atom stereocenters. The minimum Gasteiger partial charge on any atom is -0.338 e. The van der Waals surface area contributed by atoms with E-state index in [1.807, 2.05) is 6.92 Å². The Morgan fingerprint density at radius 1 is 1.12 bits per heavy atom. The maximum absolute atomic E-state index is 12.4. The van der Waals surface area contributed by atoms with Crippen LogP contribution in [0.15, 0.2) is 0 Å². The first-order valence-electron chi connectivity index (χ1n) is 7.22. The first-order chi connectivity index (χ1) is 8.18. The van der Waals surface area contributed by atoms with Gasteiger partial charge < -0.3 is 10.2 Å². The van der Waals surface area contributed by atoms with E-state index >= 15 is 0 Å². The Morgan fingerprint density at radius 3 is 2.41 bits per heavy atom. The van der Waals surface area contributed by atoms with Crippen molar-refractivity contribution < 1.29 is 4.79 Å². The summed E-state index contributed by atoms with van der Waals surface area (Å²) in [5.41, 5.74) is 0. The molecular formula is C14H26N2O. The number of hydrogen-bond acceptors (Lipinski definition) is 2. The molecule has 0 aromatic carbocycles. The van der Waals surface area contributed by atoms with Crippen LogP contribution in [0.5, 0.6) is 0 Å². The van der Waals surface area contributed by atoms with Crippen LogP contribution >= 0.6 is 0 Å². The summed E-state index contributed by atoms with van der Waals surface area (Å²) in [6, 6.07) is 0.512. The highest BCUT2D eigenvalue weighted by Gasteiger charge is 2.31. The lowest BCUT2D eigenvalue weighted by Gasteiger charge is -2.32. The van der Waals surface area contributed by atoms with E-state index in [2.05, 4.69) is 17.1 Å². The second-order valence-corrected chi connectivity index (χ2v) is 5.87. The van der Waals surface area contributed by atoms with Gasteiger partial charge in [0.2, 0.25) is 5.91 Å². The maximum atomic E-state index is 12.4. The van der Waals surface area contributed by atoms with E-state index in [0.29, 0.717) is 17.9 Å². The van der Waals surface area contributed by atoms with Crippen LogP contribution in [0.1, 0.15) is 52.4 Å². The number of hydrogen-bond donors (Lipinski definition) is 1. The summed E-state index contributed by atoms with van der Waals surface area (Å²) >= 11 is 0. The molecule has 2 fully saturated rings. The third-order valence-electron chi connectivity index (χ3n) is 4.20. The van der Waals surface area contributed by atoms with E-state index in [4.69, 9.17) is 0 Å². The monoisotopic (exact) mass is 238 g/mol. The molecule has 98 valence electrons. The Balaban J connectivity index is 2.06. The summed E-state index contributed by atoms with van der Waals surface area (Å²) in [5, 5.41) is 3.34. The van der Waals surface area contributed by atoms with Crippen molar-refractivity contribution in [2.75, 3.05) is 13.1 Å². The molecule has 0 aromatic heterocycles. The van der Waals surface area contributed by atoms with Gasteiger partial charge in [-0.25, -0.2) is 0 Å². The second kappa shape index (κ2) is 5.85. The van der Waals surface area contributed by atoms with Crippen LogP contribution in [0.4, 0.5) is 0 Å². The second-order valence-electron chi connectivity index (χ2n) is 5.87. The van der Waals surface area contributed by atoms with E-state index in [1.165, 1.54) is 38.5 Å². The smallest absolute Gasteiger partial charge is 0.239 e. The van der Waals surface area contributed by atoms with Crippen LogP contribution in [-0.4, -0.2) is 36.0 Å². The molecule has 1 saturated carbocycles. The summed E-state index contributed by atoms with van der Waals surface area (Å²) in [4.78, 5) is 14.5. The number of carbonyl (C=O) groups excluding carboxylic acids is 1. The van der Waals surface area contributed by atoms with Gasteiger partial charge in [-0.3, -0.25) is 4.79 Å². The number of nitrogens with zero attached hydrogens (tertiary/aromatic N) is 1. The minimum atomic E-state index is 0.00297. The average molecular weight is 238 g/mol. The zero-order chi connectivity index (χ0) is 12.3. The molecule has 0 spiro atoms. The van der Waals surface area contributed by atoms with Gasteiger partial charge in [0.15, 0.2) is 0 Å². The fraction of sp³-hybridized carbons (Fsp3) is 0.929. The molecule has 0 radical (unpaired) electrons. The lowest BCUT2D eigenvalue weighted by Crippen LogP contribution is -2.46. The van der Waals surface area contributed by atoms with E-state index < -0.39 is 0 Å². The summed E-state index contributed by atoms with van der Waals surface area (Å²) in [7, 11) is 0. The molecule has 3 nitrogen and oxygen atoms in total. The first kappa shape index (κ1) is 12.9. The van der Waals surface area contributed by atoms with Crippen molar-refractivity contribution in [3.63, 3.8) is 0 Å². The van der Waals surface area contributed by atoms with Gasteiger partial charge in [0.1, 0.15) is 0 Å². The fourth-order valence-corrected chi connectivity index (χ4v) is 3.10. The Labute approximate surface area is 105 Å². The van der Waals surface area contributed by atoms with Crippen LogP contribution in [0, 0.1) is 5.92 Å². The maximum Gasteiger partial charge on any atom is 0.239 e. The summed E-state index contributed by atoms with van der Waals surface area (Å²) < 4.78 is 0. The highest BCUT2D eigenvalue weighted by molar-refractivity contribution is 5.82. The SMILES string of the molecule is CC1CNC(C)C(=O)N(C2CCCCCC2)C1. The van der Waals surface area contributed by atoms with Crippen molar-refractivity contribution in [1.29, 1.82) is 0 Å². The Kier molecular flexibility index (Phi) is 4.43. The molecule has 1 amide bonds. The quantitative estimate of drug-likeness (QED) is 0.710. The van der Waals surface area contributed by atoms with Crippen molar-refractivity contribution in [2.24, 2.45) is 5.92 Å². The minimum absolute atomic E-state index is 0.00297. The topological polar surface area (TPSA) is 32.3 Å². The molecule has 0 bridgehead atoms. The Bertz CT molecular complexity index is 259. The fourth-order valence-electron chi connectivity index (χ4n) is 3.10. The molecule has 1 heterocycles. The molecule has 1 saturated heterocycles. The predicted molar refractivity (Wildman–Crippen MR) is 69.8 cm³/mol. The normalized spacial score (nSPS) is 33.3. The van der Waals surface area contributed by atoms with Gasteiger partial charge in [0.25, 0.3) is 0 Å². The van der Waals surface area contributed by atoms with Crippen LogP contribution in [-0.2, 0) is 4.79 Å². The molecular weight excluding hydrogens is 212 g/mol. The van der Waals surface area contributed by atoms with E-state index in [9.17, 15) is 4.79 Å². The first-order valence-corrected chi connectivity index (χ1v) is 7.22. The zero-order valence-corrected chi connectivity index (χ0v) is 11.2. The molecule has 0 aromatic rings.